The van der Waals surface area contributed by atoms with Crippen molar-refractivity contribution in [1.82, 2.24) is 5.32 Å². The predicted molar refractivity (Wildman–Crippen MR) is 158 cm³/mol. The van der Waals surface area contributed by atoms with E-state index >= 15 is 0 Å². The van der Waals surface area contributed by atoms with E-state index in [4.69, 9.17) is 0 Å². The molecule has 3 aromatic rings. The van der Waals surface area contributed by atoms with Crippen LogP contribution in [0.2, 0.25) is 0 Å². The summed E-state index contributed by atoms with van der Waals surface area (Å²) in [6.45, 7) is 7.70. The van der Waals surface area contributed by atoms with Gasteiger partial charge in [-0.05, 0) is 54.8 Å². The largest absolute Gasteiger partial charge is 0.352 e. The second kappa shape index (κ2) is 13.4. The summed E-state index contributed by atoms with van der Waals surface area (Å²) in [7, 11) is 2.21. The summed E-state index contributed by atoms with van der Waals surface area (Å²) in [5.74, 6) is -0.0696. The van der Waals surface area contributed by atoms with E-state index in [0.29, 0.717) is 23.6 Å². The molecule has 0 aliphatic carbocycles. The molecule has 0 radical (unpaired) electrons. The number of amides is 2. The minimum absolute atomic E-state index is 0.0111. The number of anilines is 1. The number of thioether (sulfide) groups is 1. The maximum atomic E-state index is 13.6. The van der Waals surface area contributed by atoms with Crippen LogP contribution in [0.1, 0.15) is 53.2 Å². The minimum Gasteiger partial charge on any atom is -0.352 e. The number of quaternary nitrogens is 1. The quantitative estimate of drug-likeness (QED) is 0.269. The van der Waals surface area contributed by atoms with Crippen molar-refractivity contribution in [3.63, 3.8) is 0 Å². The minimum atomic E-state index is -0.0585. The number of hydrogen-bond acceptors (Lipinski definition) is 3. The van der Waals surface area contributed by atoms with Crippen molar-refractivity contribution in [2.45, 2.75) is 44.6 Å². The summed E-state index contributed by atoms with van der Waals surface area (Å²) in [6, 6.07) is 23.8. The molecule has 0 saturated heterocycles. The van der Waals surface area contributed by atoms with E-state index < -0.39 is 0 Å². The molecule has 198 valence electrons. The molecule has 1 aliphatic heterocycles. The van der Waals surface area contributed by atoms with Crippen LogP contribution < -0.4 is 15.1 Å². The van der Waals surface area contributed by atoms with Crippen LogP contribution in [-0.2, 0) is 11.3 Å². The Hall–Kier alpha value is -3.35. The third-order valence-corrected chi connectivity index (χ3v) is 7.83. The van der Waals surface area contributed by atoms with E-state index in [2.05, 4.69) is 50.5 Å². The number of benzene rings is 3. The fourth-order valence-corrected chi connectivity index (χ4v) is 5.65. The summed E-state index contributed by atoms with van der Waals surface area (Å²) >= 11 is 1.50. The van der Waals surface area contributed by atoms with Gasteiger partial charge in [-0.1, -0.05) is 79.2 Å². The fraction of sp³-hybridized carbons (Fsp3) is 0.312. The van der Waals surface area contributed by atoms with E-state index in [9.17, 15) is 9.59 Å². The molecule has 1 heterocycles. The van der Waals surface area contributed by atoms with Crippen molar-refractivity contribution >= 4 is 35.3 Å². The highest BCUT2D eigenvalue weighted by Crippen LogP contribution is 2.42. The first-order valence-electron chi connectivity index (χ1n) is 13.5. The van der Waals surface area contributed by atoms with E-state index in [1.807, 2.05) is 59.5 Å². The topological polar surface area (TPSA) is 53.9 Å². The Labute approximate surface area is 230 Å². The number of fused-ring (bicyclic) bond motifs is 1. The second-order valence-corrected chi connectivity index (χ2v) is 11.1. The zero-order valence-corrected chi connectivity index (χ0v) is 23.4. The first-order chi connectivity index (χ1) is 18.4. The van der Waals surface area contributed by atoms with Crippen LogP contribution in [0, 0.1) is 6.92 Å². The van der Waals surface area contributed by atoms with Crippen molar-refractivity contribution in [1.29, 1.82) is 0 Å². The van der Waals surface area contributed by atoms with Crippen molar-refractivity contribution in [3.05, 3.63) is 100.0 Å². The van der Waals surface area contributed by atoms with Crippen molar-refractivity contribution in [2.75, 3.05) is 31.6 Å². The second-order valence-electron chi connectivity index (χ2n) is 10.0. The lowest BCUT2D eigenvalue weighted by atomic mass is 10.1. The lowest BCUT2D eigenvalue weighted by Gasteiger charge is -2.30. The highest BCUT2D eigenvalue weighted by atomic mass is 32.2. The Balaban J connectivity index is 1.42. The van der Waals surface area contributed by atoms with Gasteiger partial charge in [0.15, 0.2) is 0 Å². The molecule has 3 aromatic carbocycles. The molecule has 5 nitrogen and oxygen atoms in total. The van der Waals surface area contributed by atoms with E-state index in [1.54, 1.807) is 0 Å². The zero-order valence-electron chi connectivity index (χ0n) is 22.6. The van der Waals surface area contributed by atoms with Gasteiger partial charge in [0, 0.05) is 23.4 Å². The third kappa shape index (κ3) is 7.36. The highest BCUT2D eigenvalue weighted by Gasteiger charge is 2.29. The molecule has 38 heavy (non-hydrogen) atoms. The molecular formula is C32H38N3O2S+. The van der Waals surface area contributed by atoms with Gasteiger partial charge in [-0.15, -0.1) is 0 Å². The van der Waals surface area contributed by atoms with E-state index in [-0.39, 0.29) is 11.8 Å². The van der Waals surface area contributed by atoms with Crippen LogP contribution in [0.25, 0.3) is 6.08 Å². The third-order valence-electron chi connectivity index (χ3n) is 6.75. The van der Waals surface area contributed by atoms with Crippen molar-refractivity contribution in [3.8, 4) is 0 Å². The number of hydrogen-bond donors (Lipinski definition) is 2. The van der Waals surface area contributed by atoms with Crippen LogP contribution in [0.3, 0.4) is 0 Å². The average molecular weight is 529 g/mol. The van der Waals surface area contributed by atoms with Gasteiger partial charge in [0.2, 0.25) is 0 Å². The number of nitrogens with one attached hydrogen (secondary N) is 2. The van der Waals surface area contributed by atoms with Crippen LogP contribution >= 0.6 is 11.8 Å². The van der Waals surface area contributed by atoms with Crippen LogP contribution in [0.15, 0.2) is 82.6 Å². The molecule has 4 rings (SSSR count). The first-order valence-corrected chi connectivity index (χ1v) is 14.3. The predicted octanol–water partition coefficient (Wildman–Crippen LogP) is 5.11. The van der Waals surface area contributed by atoms with Gasteiger partial charge in [-0.25, -0.2) is 0 Å². The Bertz CT molecular complexity index is 1290. The maximum Gasteiger partial charge on any atom is 0.265 e. The van der Waals surface area contributed by atoms with E-state index in [1.165, 1.54) is 41.6 Å². The molecule has 0 spiro atoms. The van der Waals surface area contributed by atoms with Gasteiger partial charge >= 0.3 is 0 Å². The lowest BCUT2D eigenvalue weighted by molar-refractivity contribution is -0.879. The SMILES string of the molecule is CCCC[NH+](C)CCCNC(=O)c1ccc(C=C2Sc3ccccc3N(Cc3cccc(C)c3)C2=O)cc1. The fourth-order valence-electron chi connectivity index (χ4n) is 4.59. The summed E-state index contributed by atoms with van der Waals surface area (Å²) in [5, 5.41) is 3.03. The molecule has 0 aromatic heterocycles. The first kappa shape index (κ1) is 27.7. The Morgan fingerprint density at radius 1 is 1.00 bits per heavy atom. The van der Waals surface area contributed by atoms with Gasteiger partial charge < -0.3 is 15.1 Å². The molecule has 2 amide bonds. The van der Waals surface area contributed by atoms with Gasteiger partial charge in [0.1, 0.15) is 0 Å². The number of nitrogens with zero attached hydrogens (tertiary/aromatic N) is 1. The number of carbonyl (C=O) groups is 2. The zero-order chi connectivity index (χ0) is 26.9. The summed E-state index contributed by atoms with van der Waals surface area (Å²) in [6.07, 6.45) is 5.34. The maximum absolute atomic E-state index is 13.6. The molecule has 0 saturated carbocycles. The summed E-state index contributed by atoms with van der Waals surface area (Å²) in [4.78, 5) is 31.3. The van der Waals surface area contributed by atoms with Crippen LogP contribution in [0.5, 0.6) is 0 Å². The number of aryl methyl sites for hydroxylation is 1. The Morgan fingerprint density at radius 3 is 2.53 bits per heavy atom. The molecule has 0 fully saturated rings. The molecule has 1 unspecified atom stereocenters. The standard InChI is InChI=1S/C32H37N3O2S/c1-4-5-19-34(3)20-9-18-33-31(36)27-16-14-25(15-17-27)22-30-32(37)35(23-26-11-8-10-24(2)21-26)28-12-6-7-13-29(28)38-30/h6-8,10-17,21-22H,4-5,9,18-20,23H2,1-3H3,(H,33,36)/p+1. The monoisotopic (exact) mass is 528 g/mol. The molecule has 6 heteroatoms. The molecule has 2 N–H and O–H groups in total. The van der Waals surface area contributed by atoms with E-state index in [0.717, 1.165) is 34.7 Å². The number of para-hydroxylation sites is 1. The summed E-state index contributed by atoms with van der Waals surface area (Å²) < 4.78 is 0. The smallest absolute Gasteiger partial charge is 0.265 e. The van der Waals surface area contributed by atoms with Gasteiger partial charge in [-0.3, -0.25) is 9.59 Å². The van der Waals surface area contributed by atoms with Crippen molar-refractivity contribution in [2.24, 2.45) is 0 Å². The Morgan fingerprint density at radius 2 is 1.76 bits per heavy atom. The highest BCUT2D eigenvalue weighted by molar-refractivity contribution is 8.04. The number of carbonyl (C=O) groups excluding carboxylic acids is 2. The molecular weight excluding hydrogens is 490 g/mol. The molecule has 0 bridgehead atoms. The normalized spacial score (nSPS) is 14.9. The van der Waals surface area contributed by atoms with Gasteiger partial charge in [0.05, 0.1) is 37.3 Å². The molecule has 1 aliphatic rings. The Kier molecular flexibility index (Phi) is 9.79. The number of unbranched alkanes of at least 4 members (excludes halogenated alkanes) is 1. The summed E-state index contributed by atoms with van der Waals surface area (Å²) in [5.41, 5.74) is 4.74. The van der Waals surface area contributed by atoms with Gasteiger partial charge in [-0.2, -0.15) is 0 Å². The van der Waals surface area contributed by atoms with Crippen molar-refractivity contribution < 1.29 is 14.5 Å². The lowest BCUT2D eigenvalue weighted by Crippen LogP contribution is -3.09. The average Bonchev–Trinajstić information content (AvgIpc) is 2.92. The number of rotatable bonds is 11. The van der Waals surface area contributed by atoms with Crippen LogP contribution in [-0.4, -0.2) is 38.5 Å². The van der Waals surface area contributed by atoms with Crippen LogP contribution in [0.4, 0.5) is 5.69 Å². The van der Waals surface area contributed by atoms with Gasteiger partial charge in [0.25, 0.3) is 11.8 Å². The molecule has 1 atom stereocenters.